The summed E-state index contributed by atoms with van der Waals surface area (Å²) in [6, 6.07) is -1.54. The van der Waals surface area contributed by atoms with Crippen LogP contribution in [0.3, 0.4) is 0 Å². The molecule has 4 amide bonds. The lowest BCUT2D eigenvalue weighted by Crippen LogP contribution is -2.60. The van der Waals surface area contributed by atoms with Gasteiger partial charge in [-0.15, -0.1) is 0 Å². The second kappa shape index (κ2) is 16.1. The normalized spacial score (nSPS) is 21.7. The largest absolute Gasteiger partial charge is 0.354 e. The van der Waals surface area contributed by atoms with E-state index in [1.165, 1.54) is 0 Å². The Morgan fingerprint density at radius 2 is 1.53 bits per heavy atom. The number of likely N-dealkylation sites (N-methyl/N-ethyl adjacent to an activating group) is 1. The van der Waals surface area contributed by atoms with Crippen LogP contribution >= 0.6 is 0 Å². The summed E-state index contributed by atoms with van der Waals surface area (Å²) in [6.45, 7) is 22.2. The Labute approximate surface area is 261 Å². The highest BCUT2D eigenvalue weighted by Crippen LogP contribution is 2.27. The van der Waals surface area contributed by atoms with Crippen LogP contribution in [0.4, 0.5) is 0 Å². The fraction of sp³-hybridized carbons (Fsp3) is 0.824. The summed E-state index contributed by atoms with van der Waals surface area (Å²) in [6.07, 6.45) is 7.07. The summed E-state index contributed by atoms with van der Waals surface area (Å²) < 4.78 is 0. The van der Waals surface area contributed by atoms with E-state index in [-0.39, 0.29) is 47.7 Å². The molecule has 2 aliphatic heterocycles. The Morgan fingerprint density at radius 1 is 0.907 bits per heavy atom. The van der Waals surface area contributed by atoms with Gasteiger partial charge in [0.05, 0.1) is 12.1 Å². The maximum absolute atomic E-state index is 14.1. The minimum atomic E-state index is -0.718. The molecule has 0 aromatic heterocycles. The molecule has 0 radical (unpaired) electrons. The fourth-order valence-corrected chi connectivity index (χ4v) is 6.28. The quantitative estimate of drug-likeness (QED) is 0.323. The van der Waals surface area contributed by atoms with Crippen LogP contribution in [0.25, 0.3) is 0 Å². The Hall–Kier alpha value is -2.42. The van der Waals surface area contributed by atoms with Crippen LogP contribution in [0.1, 0.15) is 108 Å². The number of hydrogen-bond donors (Lipinski definition) is 2. The van der Waals surface area contributed by atoms with Crippen LogP contribution in [0.15, 0.2) is 11.6 Å². The lowest BCUT2D eigenvalue weighted by Gasteiger charge is -2.41. The van der Waals surface area contributed by atoms with Gasteiger partial charge in [-0.3, -0.25) is 24.1 Å². The molecule has 9 heteroatoms. The molecule has 4 atom stereocenters. The third kappa shape index (κ3) is 10.0. The highest BCUT2D eigenvalue weighted by atomic mass is 16.2. The topological polar surface area (TPSA) is 102 Å². The summed E-state index contributed by atoms with van der Waals surface area (Å²) in [4.78, 5) is 59.8. The molecule has 0 aromatic rings. The van der Waals surface area contributed by atoms with E-state index in [0.717, 1.165) is 38.6 Å². The van der Waals surface area contributed by atoms with Gasteiger partial charge in [0.1, 0.15) is 12.1 Å². The number of likely N-dealkylation sites (tertiary alicyclic amines) is 2. The number of nitrogens with one attached hydrogen (secondary N) is 2. The first-order chi connectivity index (χ1) is 20.0. The maximum atomic E-state index is 14.1. The summed E-state index contributed by atoms with van der Waals surface area (Å²) >= 11 is 0. The van der Waals surface area contributed by atoms with Gasteiger partial charge in [-0.05, 0) is 76.7 Å². The average molecular weight is 604 g/mol. The van der Waals surface area contributed by atoms with Crippen LogP contribution in [0.5, 0.6) is 0 Å². The molecule has 2 saturated heterocycles. The van der Waals surface area contributed by atoms with Crippen LogP contribution in [0.2, 0.25) is 0 Å². The second-order valence-corrected chi connectivity index (χ2v) is 14.8. The monoisotopic (exact) mass is 603 g/mol. The molecule has 2 heterocycles. The lowest BCUT2D eigenvalue weighted by molar-refractivity contribution is -0.142. The van der Waals surface area contributed by atoms with Gasteiger partial charge in [0.15, 0.2) is 0 Å². The third-order valence-corrected chi connectivity index (χ3v) is 8.98. The number of carbonyl (C=O) groups excluding carboxylic acids is 4. The van der Waals surface area contributed by atoms with Gasteiger partial charge in [0.25, 0.3) is 0 Å². The number of hydrogen-bond acceptors (Lipinski definition) is 5. The average Bonchev–Trinajstić information content (AvgIpc) is 3.42. The lowest BCUT2D eigenvalue weighted by atomic mass is 9.84. The smallest absolute Gasteiger partial charge is 0.249 e. The Kier molecular flexibility index (Phi) is 13.7. The zero-order chi connectivity index (χ0) is 32.6. The van der Waals surface area contributed by atoms with Crippen molar-refractivity contribution in [2.24, 2.45) is 17.3 Å². The summed E-state index contributed by atoms with van der Waals surface area (Å²) in [5, 5.41) is 6.14. The standard InChI is InChI=1S/C34H61N5O4/c1-22(2)17-18-35-30(40)26-16-14-20-39(26)32(42)25(7)21-28(23(3)4)37(11)33(43)29(34(8,9)10)36-31(41)27-15-12-13-19-38(27)24(5)6/h21-24,26-29H,12-20H2,1-11H3,(H,35,40)(H,36,41)/b25-21+/t26-,27?,28+,29+/m0/s1. The molecule has 2 rings (SSSR count). The van der Waals surface area contributed by atoms with Gasteiger partial charge in [-0.1, -0.05) is 61.0 Å². The molecule has 246 valence electrons. The van der Waals surface area contributed by atoms with Gasteiger partial charge in [0.2, 0.25) is 23.6 Å². The van der Waals surface area contributed by atoms with Crippen molar-refractivity contribution in [3.8, 4) is 0 Å². The minimum Gasteiger partial charge on any atom is -0.354 e. The number of rotatable bonds is 12. The molecule has 43 heavy (non-hydrogen) atoms. The van der Waals surface area contributed by atoms with Crippen molar-refractivity contribution in [2.75, 3.05) is 26.7 Å². The summed E-state index contributed by atoms with van der Waals surface area (Å²) in [5.74, 6) is -0.00923. The van der Waals surface area contributed by atoms with Crippen LogP contribution in [-0.2, 0) is 19.2 Å². The molecule has 9 nitrogen and oxygen atoms in total. The Bertz CT molecular complexity index is 999. The molecule has 0 aliphatic carbocycles. The Balaban J connectivity index is 2.22. The van der Waals surface area contributed by atoms with Gasteiger partial charge in [-0.25, -0.2) is 0 Å². The number of amides is 4. The molecule has 0 saturated carbocycles. The van der Waals surface area contributed by atoms with Crippen LogP contribution in [-0.4, -0.2) is 95.2 Å². The highest BCUT2D eigenvalue weighted by Gasteiger charge is 2.40. The zero-order valence-electron chi connectivity index (χ0n) is 29.0. The Morgan fingerprint density at radius 3 is 2.09 bits per heavy atom. The van der Waals surface area contributed by atoms with E-state index in [1.807, 2.05) is 40.7 Å². The van der Waals surface area contributed by atoms with Crippen LogP contribution in [0, 0.1) is 17.3 Å². The zero-order valence-corrected chi connectivity index (χ0v) is 29.0. The number of piperidine rings is 1. The number of nitrogens with zero attached hydrogens (tertiary/aromatic N) is 3. The van der Waals surface area contributed by atoms with Crippen molar-refractivity contribution in [1.82, 2.24) is 25.3 Å². The van der Waals surface area contributed by atoms with E-state index in [4.69, 9.17) is 0 Å². The second-order valence-electron chi connectivity index (χ2n) is 14.8. The molecule has 0 bridgehead atoms. The van der Waals surface area contributed by atoms with Gasteiger partial charge < -0.3 is 20.4 Å². The first-order valence-electron chi connectivity index (χ1n) is 16.6. The molecule has 1 unspecified atom stereocenters. The van der Waals surface area contributed by atoms with E-state index in [0.29, 0.717) is 31.0 Å². The molecule has 0 aromatic carbocycles. The van der Waals surface area contributed by atoms with E-state index >= 15 is 0 Å². The molecule has 0 spiro atoms. The first kappa shape index (κ1) is 36.8. The predicted octanol–water partition coefficient (Wildman–Crippen LogP) is 4.36. The van der Waals surface area contributed by atoms with Crippen molar-refractivity contribution < 1.29 is 19.2 Å². The highest BCUT2D eigenvalue weighted by molar-refractivity contribution is 5.97. The SMILES string of the molecule is C/C(=C\[C@H](C(C)C)N(C)C(=O)[C@@H](NC(=O)C1CCCCN1C(C)C)C(C)(C)C)C(=O)N1CCC[C@H]1C(=O)NCCC(C)C. The maximum Gasteiger partial charge on any atom is 0.249 e. The minimum absolute atomic E-state index is 0.0245. The van der Waals surface area contributed by atoms with Crippen molar-refractivity contribution in [3.63, 3.8) is 0 Å². The van der Waals surface area contributed by atoms with Gasteiger partial charge >= 0.3 is 0 Å². The van der Waals surface area contributed by atoms with Crippen LogP contribution < -0.4 is 10.6 Å². The molecule has 2 aliphatic rings. The van der Waals surface area contributed by atoms with Gasteiger partial charge in [0, 0.05) is 31.8 Å². The summed E-state index contributed by atoms with van der Waals surface area (Å²) in [5.41, 5.74) is 0.00603. The summed E-state index contributed by atoms with van der Waals surface area (Å²) in [7, 11) is 1.76. The molecule has 2 fully saturated rings. The number of carbonyl (C=O) groups is 4. The molecular formula is C34H61N5O4. The predicted molar refractivity (Wildman–Crippen MR) is 173 cm³/mol. The van der Waals surface area contributed by atoms with E-state index < -0.39 is 17.5 Å². The molecular weight excluding hydrogens is 542 g/mol. The van der Waals surface area contributed by atoms with E-state index in [9.17, 15) is 19.2 Å². The van der Waals surface area contributed by atoms with Gasteiger partial charge in [-0.2, -0.15) is 0 Å². The van der Waals surface area contributed by atoms with Crippen molar-refractivity contribution in [1.29, 1.82) is 0 Å². The van der Waals surface area contributed by atoms with Crippen molar-refractivity contribution >= 4 is 23.6 Å². The first-order valence-corrected chi connectivity index (χ1v) is 16.6. The van der Waals surface area contributed by atoms with E-state index in [2.05, 4.69) is 43.2 Å². The van der Waals surface area contributed by atoms with Crippen molar-refractivity contribution in [3.05, 3.63) is 11.6 Å². The fourth-order valence-electron chi connectivity index (χ4n) is 6.28. The molecule has 2 N–H and O–H groups in total. The van der Waals surface area contributed by atoms with Crippen molar-refractivity contribution in [2.45, 2.75) is 138 Å². The van der Waals surface area contributed by atoms with E-state index in [1.54, 1.807) is 23.8 Å². The third-order valence-electron chi connectivity index (χ3n) is 8.98.